The molecular weight excluding hydrogens is 220 g/mol. The molecular formula is C16H30N2. The van der Waals surface area contributed by atoms with Gasteiger partial charge in [0.15, 0.2) is 0 Å². The van der Waals surface area contributed by atoms with Crippen LogP contribution in [0, 0.1) is 22.7 Å². The Hall–Kier alpha value is -0.550. The molecule has 0 aromatic rings. The normalized spacial score (nSPS) is 29.3. The molecule has 0 atom stereocenters. The second-order valence-electron chi connectivity index (χ2n) is 6.43. The SMILES string of the molecule is CCN(CC)C1(C#N)CCC(C(C)(C)CC)CC1. The summed E-state index contributed by atoms with van der Waals surface area (Å²) in [5.74, 6) is 0.791. The first-order valence-corrected chi connectivity index (χ1v) is 7.62. The topological polar surface area (TPSA) is 27.0 Å². The molecule has 0 spiro atoms. The molecule has 2 heteroatoms. The van der Waals surface area contributed by atoms with Crippen LogP contribution < -0.4 is 0 Å². The molecule has 0 aliphatic heterocycles. The van der Waals surface area contributed by atoms with Gasteiger partial charge >= 0.3 is 0 Å². The van der Waals surface area contributed by atoms with Gasteiger partial charge in [-0.05, 0) is 50.1 Å². The lowest BCUT2D eigenvalue weighted by Crippen LogP contribution is -2.50. The standard InChI is InChI=1S/C16H30N2/c1-6-15(4,5)14-9-11-16(13-17,12-10-14)18(7-2)8-3/h14H,6-12H2,1-5H3. The Kier molecular flexibility index (Phi) is 5.22. The van der Waals surface area contributed by atoms with Crippen molar-refractivity contribution in [3.63, 3.8) is 0 Å². The third-order valence-corrected chi connectivity index (χ3v) is 5.41. The van der Waals surface area contributed by atoms with Crippen molar-refractivity contribution >= 4 is 0 Å². The number of nitrogens with zero attached hydrogens (tertiary/aromatic N) is 2. The maximum Gasteiger partial charge on any atom is 0.109 e. The average Bonchev–Trinajstić information content (AvgIpc) is 2.40. The van der Waals surface area contributed by atoms with Crippen LogP contribution in [0.15, 0.2) is 0 Å². The van der Waals surface area contributed by atoms with Crippen LogP contribution in [0.4, 0.5) is 0 Å². The summed E-state index contributed by atoms with van der Waals surface area (Å²) in [5.41, 5.74) is 0.259. The van der Waals surface area contributed by atoms with Gasteiger partial charge in [0.05, 0.1) is 6.07 Å². The Morgan fingerprint density at radius 2 is 1.67 bits per heavy atom. The zero-order valence-electron chi connectivity index (χ0n) is 12.9. The monoisotopic (exact) mass is 250 g/mol. The van der Waals surface area contributed by atoms with Gasteiger partial charge in [0.25, 0.3) is 0 Å². The Morgan fingerprint density at radius 1 is 1.17 bits per heavy atom. The minimum atomic E-state index is -0.177. The van der Waals surface area contributed by atoms with E-state index in [0.29, 0.717) is 5.41 Å². The summed E-state index contributed by atoms with van der Waals surface area (Å²) in [7, 11) is 0. The maximum absolute atomic E-state index is 9.63. The van der Waals surface area contributed by atoms with E-state index in [1.165, 1.54) is 19.3 Å². The summed E-state index contributed by atoms with van der Waals surface area (Å²) >= 11 is 0. The number of hydrogen-bond donors (Lipinski definition) is 0. The Balaban J connectivity index is 2.74. The van der Waals surface area contributed by atoms with Crippen LogP contribution in [0.3, 0.4) is 0 Å². The first-order chi connectivity index (χ1) is 8.45. The lowest BCUT2D eigenvalue weighted by Gasteiger charge is -2.46. The van der Waals surface area contributed by atoms with Crippen molar-refractivity contribution in [1.29, 1.82) is 5.26 Å². The van der Waals surface area contributed by atoms with Crippen LogP contribution in [0.2, 0.25) is 0 Å². The molecule has 0 N–H and O–H groups in total. The minimum absolute atomic E-state index is 0.177. The maximum atomic E-state index is 9.63. The van der Waals surface area contributed by atoms with Gasteiger partial charge in [0.1, 0.15) is 5.54 Å². The predicted molar refractivity (Wildman–Crippen MR) is 77.3 cm³/mol. The van der Waals surface area contributed by atoms with Crippen molar-refractivity contribution in [1.82, 2.24) is 4.90 Å². The summed E-state index contributed by atoms with van der Waals surface area (Å²) in [5, 5.41) is 9.63. The molecule has 1 rings (SSSR count). The van der Waals surface area contributed by atoms with Crippen molar-refractivity contribution in [3.8, 4) is 6.07 Å². The highest BCUT2D eigenvalue weighted by Gasteiger charge is 2.42. The summed E-state index contributed by atoms with van der Waals surface area (Å²) in [6, 6.07) is 2.64. The molecule has 0 radical (unpaired) electrons. The van der Waals surface area contributed by atoms with Gasteiger partial charge in [-0.15, -0.1) is 0 Å². The van der Waals surface area contributed by atoms with Crippen LogP contribution in [0.25, 0.3) is 0 Å². The molecule has 0 unspecified atom stereocenters. The Labute approximate surface area is 113 Å². The molecule has 1 fully saturated rings. The smallest absolute Gasteiger partial charge is 0.109 e. The zero-order valence-corrected chi connectivity index (χ0v) is 12.9. The van der Waals surface area contributed by atoms with Gasteiger partial charge in [-0.2, -0.15) is 5.26 Å². The van der Waals surface area contributed by atoms with Gasteiger partial charge in [0.2, 0.25) is 0 Å². The Morgan fingerprint density at radius 3 is 2.00 bits per heavy atom. The molecule has 0 aromatic heterocycles. The van der Waals surface area contributed by atoms with E-state index in [2.05, 4.69) is 45.6 Å². The predicted octanol–water partition coefficient (Wildman–Crippen LogP) is 4.22. The molecule has 1 saturated carbocycles. The van der Waals surface area contributed by atoms with E-state index in [1.54, 1.807) is 0 Å². The summed E-state index contributed by atoms with van der Waals surface area (Å²) in [6.07, 6.45) is 5.77. The molecule has 1 aliphatic carbocycles. The minimum Gasteiger partial charge on any atom is -0.286 e. The van der Waals surface area contributed by atoms with Crippen LogP contribution in [-0.2, 0) is 0 Å². The molecule has 0 amide bonds. The van der Waals surface area contributed by atoms with Crippen LogP contribution in [0.5, 0.6) is 0 Å². The van der Waals surface area contributed by atoms with Crippen LogP contribution >= 0.6 is 0 Å². The van der Waals surface area contributed by atoms with E-state index in [0.717, 1.165) is 31.8 Å². The highest BCUT2D eigenvalue weighted by Crippen LogP contribution is 2.44. The van der Waals surface area contributed by atoms with E-state index < -0.39 is 0 Å². The number of rotatable bonds is 5. The second kappa shape index (κ2) is 6.06. The summed E-state index contributed by atoms with van der Waals surface area (Å²) < 4.78 is 0. The molecule has 2 nitrogen and oxygen atoms in total. The third-order valence-electron chi connectivity index (χ3n) is 5.41. The second-order valence-corrected chi connectivity index (χ2v) is 6.43. The van der Waals surface area contributed by atoms with E-state index in [4.69, 9.17) is 0 Å². The highest BCUT2D eigenvalue weighted by atomic mass is 15.2. The third kappa shape index (κ3) is 2.88. The van der Waals surface area contributed by atoms with Gasteiger partial charge in [0, 0.05) is 0 Å². The van der Waals surface area contributed by atoms with Crippen molar-refractivity contribution in [2.24, 2.45) is 11.3 Å². The van der Waals surface area contributed by atoms with Crippen molar-refractivity contribution in [2.45, 2.75) is 72.3 Å². The van der Waals surface area contributed by atoms with E-state index in [9.17, 15) is 5.26 Å². The lowest BCUT2D eigenvalue weighted by molar-refractivity contribution is 0.0525. The molecule has 18 heavy (non-hydrogen) atoms. The average molecular weight is 250 g/mol. The molecule has 1 aliphatic rings. The molecule has 0 heterocycles. The molecule has 0 saturated heterocycles. The molecule has 0 bridgehead atoms. The van der Waals surface area contributed by atoms with Crippen LogP contribution in [0.1, 0.15) is 66.7 Å². The fraction of sp³-hybridized carbons (Fsp3) is 0.938. The van der Waals surface area contributed by atoms with Gasteiger partial charge in [-0.1, -0.05) is 41.0 Å². The number of nitriles is 1. The number of hydrogen-bond acceptors (Lipinski definition) is 2. The van der Waals surface area contributed by atoms with E-state index >= 15 is 0 Å². The molecule has 104 valence electrons. The fourth-order valence-corrected chi connectivity index (χ4v) is 3.49. The van der Waals surface area contributed by atoms with Gasteiger partial charge in [-0.3, -0.25) is 4.90 Å². The van der Waals surface area contributed by atoms with E-state index in [-0.39, 0.29) is 5.54 Å². The first-order valence-electron chi connectivity index (χ1n) is 7.62. The van der Waals surface area contributed by atoms with Crippen LogP contribution in [-0.4, -0.2) is 23.5 Å². The fourth-order valence-electron chi connectivity index (χ4n) is 3.49. The highest BCUT2D eigenvalue weighted by molar-refractivity contribution is 5.10. The Bertz CT molecular complexity index is 289. The zero-order chi connectivity index (χ0) is 13.8. The summed E-state index contributed by atoms with van der Waals surface area (Å²) in [6.45, 7) is 13.4. The van der Waals surface area contributed by atoms with Crippen molar-refractivity contribution < 1.29 is 0 Å². The van der Waals surface area contributed by atoms with Crippen molar-refractivity contribution in [3.05, 3.63) is 0 Å². The summed E-state index contributed by atoms with van der Waals surface area (Å²) in [4.78, 5) is 2.36. The van der Waals surface area contributed by atoms with Gasteiger partial charge < -0.3 is 0 Å². The first kappa shape index (κ1) is 15.5. The quantitative estimate of drug-likeness (QED) is 0.730. The van der Waals surface area contributed by atoms with E-state index in [1.807, 2.05) is 0 Å². The van der Waals surface area contributed by atoms with Crippen molar-refractivity contribution in [2.75, 3.05) is 13.1 Å². The largest absolute Gasteiger partial charge is 0.286 e. The molecule has 0 aromatic carbocycles. The van der Waals surface area contributed by atoms with Gasteiger partial charge in [-0.25, -0.2) is 0 Å². The lowest BCUT2D eigenvalue weighted by atomic mass is 9.65.